The molecule has 0 aromatic heterocycles. The van der Waals surface area contributed by atoms with Crippen molar-refractivity contribution in [3.05, 3.63) is 47.5 Å². The smallest absolute Gasteiger partial charge is 0.318 e. The van der Waals surface area contributed by atoms with Gasteiger partial charge >= 0.3 is 5.97 Å². The zero-order valence-electron chi connectivity index (χ0n) is 15.6. The molecule has 7 heteroatoms. The van der Waals surface area contributed by atoms with Crippen LogP contribution in [0.25, 0.3) is 0 Å². The minimum atomic E-state index is -1.32. The molecule has 0 saturated carbocycles. The quantitative estimate of drug-likeness (QED) is 0.675. The number of aliphatic carboxylic acids is 1. The van der Waals surface area contributed by atoms with E-state index in [1.165, 1.54) is 34.5 Å². The lowest BCUT2D eigenvalue weighted by Gasteiger charge is -2.15. The van der Waals surface area contributed by atoms with Crippen LogP contribution in [0.4, 0.5) is 0 Å². The van der Waals surface area contributed by atoms with Crippen molar-refractivity contribution >= 4 is 11.8 Å². The van der Waals surface area contributed by atoms with Crippen LogP contribution in [0.1, 0.15) is 17.0 Å². The van der Waals surface area contributed by atoms with Crippen molar-refractivity contribution in [3.8, 4) is 23.0 Å². The van der Waals surface area contributed by atoms with Gasteiger partial charge in [0.25, 0.3) is 0 Å². The molecule has 0 aliphatic rings. The van der Waals surface area contributed by atoms with Crippen LogP contribution in [0, 0.1) is 0 Å². The largest absolute Gasteiger partial charge is 0.493 e. The number of rotatable bonds is 9. The van der Waals surface area contributed by atoms with Crippen LogP contribution < -0.4 is 18.9 Å². The number of carbonyl (C=O) groups is 2. The Balaban J connectivity index is 2.32. The van der Waals surface area contributed by atoms with Gasteiger partial charge in [-0.1, -0.05) is 12.1 Å². The number of carboxylic acids is 1. The van der Waals surface area contributed by atoms with E-state index in [4.69, 9.17) is 18.9 Å². The van der Waals surface area contributed by atoms with Gasteiger partial charge in [-0.15, -0.1) is 0 Å². The summed E-state index contributed by atoms with van der Waals surface area (Å²) in [5.74, 6) is -1.19. The highest BCUT2D eigenvalue weighted by atomic mass is 16.5. The molecule has 2 aromatic carbocycles. The zero-order valence-corrected chi connectivity index (χ0v) is 15.6. The summed E-state index contributed by atoms with van der Waals surface area (Å²) in [5.41, 5.74) is 0.954. The van der Waals surface area contributed by atoms with E-state index in [1.807, 2.05) is 0 Å². The summed E-state index contributed by atoms with van der Waals surface area (Å²) in [6.07, 6.45) is -0.0638. The fourth-order valence-corrected chi connectivity index (χ4v) is 2.79. The lowest BCUT2D eigenvalue weighted by atomic mass is 9.90. The van der Waals surface area contributed by atoms with Crippen LogP contribution in [0.2, 0.25) is 0 Å². The minimum absolute atomic E-state index is 0.0638. The van der Waals surface area contributed by atoms with E-state index in [9.17, 15) is 14.7 Å². The zero-order chi connectivity index (χ0) is 20.0. The Labute approximate surface area is 157 Å². The third kappa shape index (κ3) is 4.49. The first-order valence-electron chi connectivity index (χ1n) is 8.13. The number of ketones is 1. The molecule has 0 bridgehead atoms. The molecule has 0 aliphatic heterocycles. The van der Waals surface area contributed by atoms with Crippen molar-refractivity contribution in [2.75, 3.05) is 28.4 Å². The predicted octanol–water partition coefficient (Wildman–Crippen LogP) is 2.70. The Morgan fingerprint density at radius 2 is 1.33 bits per heavy atom. The number of carboxylic acid groups (broad SMARTS) is 1. The molecule has 27 heavy (non-hydrogen) atoms. The average molecular weight is 374 g/mol. The Morgan fingerprint density at radius 1 is 0.815 bits per heavy atom. The Morgan fingerprint density at radius 3 is 1.85 bits per heavy atom. The van der Waals surface area contributed by atoms with Gasteiger partial charge in [0.15, 0.2) is 28.8 Å². The maximum absolute atomic E-state index is 12.7. The van der Waals surface area contributed by atoms with E-state index in [0.717, 1.165) is 0 Å². The molecule has 0 aliphatic carbocycles. The maximum atomic E-state index is 12.7. The monoisotopic (exact) mass is 374 g/mol. The lowest BCUT2D eigenvalue weighted by molar-refractivity contribution is -0.142. The summed E-state index contributed by atoms with van der Waals surface area (Å²) in [7, 11) is 5.94. The fourth-order valence-electron chi connectivity index (χ4n) is 2.79. The maximum Gasteiger partial charge on any atom is 0.318 e. The summed E-state index contributed by atoms with van der Waals surface area (Å²) in [6.45, 7) is 0. The van der Waals surface area contributed by atoms with Crippen LogP contribution in [0.5, 0.6) is 23.0 Å². The van der Waals surface area contributed by atoms with E-state index < -0.39 is 17.7 Å². The summed E-state index contributed by atoms with van der Waals surface area (Å²) in [6, 6.07) is 9.66. The van der Waals surface area contributed by atoms with Gasteiger partial charge in [-0.05, 0) is 35.4 Å². The molecule has 2 aromatic rings. The van der Waals surface area contributed by atoms with Gasteiger partial charge in [-0.25, -0.2) is 0 Å². The number of methoxy groups -OCH3 is 4. The molecule has 0 heterocycles. The van der Waals surface area contributed by atoms with Crippen molar-refractivity contribution in [2.45, 2.75) is 12.3 Å². The molecule has 7 nitrogen and oxygen atoms in total. The van der Waals surface area contributed by atoms with Crippen LogP contribution in [-0.2, 0) is 16.0 Å². The molecule has 0 fully saturated rings. The summed E-state index contributed by atoms with van der Waals surface area (Å²) in [4.78, 5) is 24.5. The molecule has 1 unspecified atom stereocenters. The van der Waals surface area contributed by atoms with Gasteiger partial charge < -0.3 is 24.1 Å². The first-order valence-corrected chi connectivity index (χ1v) is 8.13. The number of benzene rings is 2. The molecular weight excluding hydrogens is 352 g/mol. The third-order valence-corrected chi connectivity index (χ3v) is 4.14. The summed E-state index contributed by atoms with van der Waals surface area (Å²) < 4.78 is 20.7. The van der Waals surface area contributed by atoms with Gasteiger partial charge in [-0.2, -0.15) is 0 Å². The highest BCUT2D eigenvalue weighted by Crippen LogP contribution is 2.32. The second kappa shape index (κ2) is 8.93. The van der Waals surface area contributed by atoms with E-state index in [-0.39, 0.29) is 6.42 Å². The molecule has 2 rings (SSSR count). The molecule has 0 saturated heterocycles. The number of carbonyl (C=O) groups excluding carboxylic acids is 1. The van der Waals surface area contributed by atoms with E-state index in [0.29, 0.717) is 34.1 Å². The SMILES string of the molecule is COc1ccc(CC(=O)C(C(=O)O)c2ccc(OC)c(OC)c2)cc1OC. The Bertz CT molecular complexity index is 829. The number of hydrogen-bond donors (Lipinski definition) is 1. The van der Waals surface area contributed by atoms with E-state index >= 15 is 0 Å². The van der Waals surface area contributed by atoms with Crippen LogP contribution in [-0.4, -0.2) is 45.3 Å². The highest BCUT2D eigenvalue weighted by Gasteiger charge is 2.29. The van der Waals surface area contributed by atoms with Crippen molar-refractivity contribution < 1.29 is 33.6 Å². The molecule has 0 spiro atoms. The summed E-state index contributed by atoms with van der Waals surface area (Å²) >= 11 is 0. The van der Waals surface area contributed by atoms with Crippen molar-refractivity contribution in [3.63, 3.8) is 0 Å². The van der Waals surface area contributed by atoms with Gasteiger partial charge in [0.1, 0.15) is 5.92 Å². The Hall–Kier alpha value is -3.22. The van der Waals surface area contributed by atoms with Gasteiger partial charge in [-0.3, -0.25) is 9.59 Å². The van der Waals surface area contributed by atoms with Crippen molar-refractivity contribution in [1.82, 2.24) is 0 Å². The van der Waals surface area contributed by atoms with Crippen LogP contribution in [0.3, 0.4) is 0 Å². The molecule has 0 radical (unpaired) electrons. The van der Waals surface area contributed by atoms with Crippen LogP contribution >= 0.6 is 0 Å². The second-order valence-corrected chi connectivity index (χ2v) is 5.72. The lowest BCUT2D eigenvalue weighted by Crippen LogP contribution is -2.23. The van der Waals surface area contributed by atoms with Crippen LogP contribution in [0.15, 0.2) is 36.4 Å². The molecule has 144 valence electrons. The van der Waals surface area contributed by atoms with Crippen molar-refractivity contribution in [2.24, 2.45) is 0 Å². The average Bonchev–Trinajstić information content (AvgIpc) is 2.67. The standard InChI is InChI=1S/C20H22O7/c1-24-15-7-5-12(10-17(15)26-3)9-14(21)19(20(22)23)13-6-8-16(25-2)18(11-13)27-4/h5-8,10-11,19H,9H2,1-4H3,(H,22,23). The van der Waals surface area contributed by atoms with Crippen molar-refractivity contribution in [1.29, 1.82) is 0 Å². The third-order valence-electron chi connectivity index (χ3n) is 4.14. The normalized spacial score (nSPS) is 11.4. The molecule has 0 amide bonds. The molecule has 1 N–H and O–H groups in total. The first kappa shape index (κ1) is 20.1. The van der Waals surface area contributed by atoms with Gasteiger partial charge in [0, 0.05) is 6.42 Å². The van der Waals surface area contributed by atoms with E-state index in [1.54, 1.807) is 30.3 Å². The van der Waals surface area contributed by atoms with Gasteiger partial charge in [0.2, 0.25) is 0 Å². The Kier molecular flexibility index (Phi) is 6.65. The number of ether oxygens (including phenoxy) is 4. The first-order chi connectivity index (χ1) is 12.9. The number of hydrogen-bond acceptors (Lipinski definition) is 6. The number of Topliss-reactive ketones (excluding diaryl/α,β-unsaturated/α-hetero) is 1. The summed E-state index contributed by atoms with van der Waals surface area (Å²) in [5, 5.41) is 9.61. The van der Waals surface area contributed by atoms with E-state index in [2.05, 4.69) is 0 Å². The molecular formula is C20H22O7. The molecule has 1 atom stereocenters. The topological polar surface area (TPSA) is 91.3 Å². The predicted molar refractivity (Wildman–Crippen MR) is 98.2 cm³/mol. The second-order valence-electron chi connectivity index (χ2n) is 5.72. The fraction of sp³-hybridized carbons (Fsp3) is 0.300. The minimum Gasteiger partial charge on any atom is -0.493 e. The highest BCUT2D eigenvalue weighted by molar-refractivity contribution is 6.04. The van der Waals surface area contributed by atoms with Gasteiger partial charge in [0.05, 0.1) is 28.4 Å².